The van der Waals surface area contributed by atoms with Gasteiger partial charge in [0.15, 0.2) is 5.69 Å². The van der Waals surface area contributed by atoms with Crippen LogP contribution in [0.2, 0.25) is 0 Å². The maximum Gasteiger partial charge on any atom is 0.410 e. The summed E-state index contributed by atoms with van der Waals surface area (Å²) >= 11 is 0. The van der Waals surface area contributed by atoms with Crippen LogP contribution in [0.25, 0.3) is 0 Å². The highest BCUT2D eigenvalue weighted by Gasteiger charge is 2.26. The fourth-order valence-electron chi connectivity index (χ4n) is 2.05. The van der Waals surface area contributed by atoms with E-state index in [0.717, 1.165) is 0 Å². The summed E-state index contributed by atoms with van der Waals surface area (Å²) in [5, 5.41) is 13.0. The molecule has 0 saturated carbocycles. The summed E-state index contributed by atoms with van der Waals surface area (Å²) in [5.41, 5.74) is 0.173. The fourth-order valence-corrected chi connectivity index (χ4v) is 2.05. The first kappa shape index (κ1) is 18.0. The van der Waals surface area contributed by atoms with Crippen molar-refractivity contribution in [2.45, 2.75) is 59.7 Å². The predicted octanol–water partition coefficient (Wildman–Crippen LogP) is 2.75. The van der Waals surface area contributed by atoms with Crippen molar-refractivity contribution in [1.82, 2.24) is 14.7 Å². The van der Waals surface area contributed by atoms with Gasteiger partial charge in [-0.1, -0.05) is 13.8 Å². The average Bonchev–Trinajstić information content (AvgIpc) is 2.71. The molecule has 2 rings (SSSR count). The third-order valence-corrected chi connectivity index (χ3v) is 2.88. The Morgan fingerprint density at radius 2 is 1.91 bits per heavy atom. The number of aryl methyl sites for hydroxylation is 1. The van der Waals surface area contributed by atoms with Crippen molar-refractivity contribution in [2.75, 3.05) is 6.54 Å². The molecule has 1 aromatic heterocycles. The normalized spacial score (nSPS) is 14.3. The van der Waals surface area contributed by atoms with Gasteiger partial charge in [-0.05, 0) is 33.3 Å². The molecule has 0 bridgehead atoms. The minimum atomic E-state index is -1.06. The van der Waals surface area contributed by atoms with Crippen LogP contribution in [-0.2, 0) is 17.8 Å². The van der Waals surface area contributed by atoms with Gasteiger partial charge in [0.05, 0.1) is 12.2 Å². The van der Waals surface area contributed by atoms with Gasteiger partial charge >= 0.3 is 12.1 Å². The van der Waals surface area contributed by atoms with Crippen molar-refractivity contribution >= 4 is 12.1 Å². The van der Waals surface area contributed by atoms with E-state index in [1.165, 1.54) is 6.07 Å². The third-order valence-electron chi connectivity index (χ3n) is 2.88. The van der Waals surface area contributed by atoms with Crippen molar-refractivity contribution < 1.29 is 19.4 Å². The lowest BCUT2D eigenvalue weighted by molar-refractivity contribution is 0.0236. The van der Waals surface area contributed by atoms with Crippen LogP contribution in [0.1, 0.15) is 57.2 Å². The zero-order chi connectivity index (χ0) is 16.9. The summed E-state index contributed by atoms with van der Waals surface area (Å²) in [7, 11) is 0. The Balaban J connectivity index is 0.00000116. The largest absolute Gasteiger partial charge is 0.476 e. The predicted molar refractivity (Wildman–Crippen MR) is 81.8 cm³/mol. The Morgan fingerprint density at radius 3 is 2.45 bits per heavy atom. The van der Waals surface area contributed by atoms with E-state index in [-0.39, 0.29) is 11.8 Å². The standard InChI is InChI=1S/C13H19N3O4.C2H6/c1-13(2,3)20-12(19)15-5-4-6-16-9(8-15)7-10(14-16)11(17)18;1-2/h7H,4-6,8H2,1-3H3,(H,17,18);1-2H3. The summed E-state index contributed by atoms with van der Waals surface area (Å²) < 4.78 is 6.99. The highest BCUT2D eigenvalue weighted by atomic mass is 16.6. The molecule has 0 aliphatic carbocycles. The molecule has 1 aliphatic rings. The number of fused-ring (bicyclic) bond motifs is 1. The summed E-state index contributed by atoms with van der Waals surface area (Å²) in [4.78, 5) is 24.6. The first-order valence-corrected chi connectivity index (χ1v) is 7.54. The molecule has 1 aromatic rings. The number of hydrogen-bond acceptors (Lipinski definition) is 4. The lowest BCUT2D eigenvalue weighted by atomic mass is 10.2. The van der Waals surface area contributed by atoms with E-state index < -0.39 is 11.6 Å². The molecule has 22 heavy (non-hydrogen) atoms. The van der Waals surface area contributed by atoms with E-state index in [9.17, 15) is 9.59 Å². The average molecular weight is 311 g/mol. The molecule has 0 atom stereocenters. The van der Waals surface area contributed by atoms with E-state index in [2.05, 4.69) is 5.10 Å². The maximum absolute atomic E-state index is 12.1. The maximum atomic E-state index is 12.1. The molecule has 0 radical (unpaired) electrons. The molecule has 1 aliphatic heterocycles. The minimum absolute atomic E-state index is 0.00559. The van der Waals surface area contributed by atoms with Crippen molar-refractivity contribution in [3.8, 4) is 0 Å². The molecule has 0 spiro atoms. The molecule has 2 heterocycles. The van der Waals surface area contributed by atoms with Gasteiger partial charge in [0.1, 0.15) is 5.60 Å². The van der Waals surface area contributed by atoms with Crippen LogP contribution in [0.3, 0.4) is 0 Å². The zero-order valence-corrected chi connectivity index (χ0v) is 13.9. The minimum Gasteiger partial charge on any atom is -0.476 e. The third kappa shape index (κ3) is 4.75. The Kier molecular flexibility index (Phi) is 5.96. The monoisotopic (exact) mass is 311 g/mol. The Morgan fingerprint density at radius 1 is 1.27 bits per heavy atom. The summed E-state index contributed by atoms with van der Waals surface area (Å²) in [6, 6.07) is 1.50. The molecule has 0 aromatic carbocycles. The molecule has 1 N–H and O–H groups in total. The second-order valence-electron chi connectivity index (χ2n) is 5.80. The zero-order valence-electron chi connectivity index (χ0n) is 13.9. The van der Waals surface area contributed by atoms with Crippen molar-refractivity contribution in [3.63, 3.8) is 0 Å². The van der Waals surface area contributed by atoms with Crippen LogP contribution in [0.4, 0.5) is 4.79 Å². The molecule has 7 heteroatoms. The molecule has 7 nitrogen and oxygen atoms in total. The molecule has 0 fully saturated rings. The number of aromatic carboxylic acids is 1. The van der Waals surface area contributed by atoms with Crippen LogP contribution in [0.15, 0.2) is 6.07 Å². The Labute approximate surface area is 130 Å². The number of rotatable bonds is 1. The quantitative estimate of drug-likeness (QED) is 0.862. The van der Waals surface area contributed by atoms with E-state index in [1.54, 1.807) is 9.58 Å². The van der Waals surface area contributed by atoms with Gasteiger partial charge in [-0.2, -0.15) is 5.10 Å². The second-order valence-corrected chi connectivity index (χ2v) is 5.80. The number of aromatic nitrogens is 2. The Bertz CT molecular complexity index is 531. The number of carboxylic acids is 1. The number of ether oxygens (including phenoxy) is 1. The number of hydrogen-bond donors (Lipinski definition) is 1. The van der Waals surface area contributed by atoms with Gasteiger partial charge in [0.2, 0.25) is 0 Å². The van der Waals surface area contributed by atoms with E-state index in [1.807, 2.05) is 34.6 Å². The summed E-state index contributed by atoms with van der Waals surface area (Å²) in [6.45, 7) is 10.9. The summed E-state index contributed by atoms with van der Waals surface area (Å²) in [5.74, 6) is -1.06. The fraction of sp³-hybridized carbons (Fsp3) is 0.667. The van der Waals surface area contributed by atoms with Gasteiger partial charge < -0.3 is 14.7 Å². The van der Waals surface area contributed by atoms with Crippen molar-refractivity contribution in [2.24, 2.45) is 0 Å². The van der Waals surface area contributed by atoms with Gasteiger partial charge in [0.25, 0.3) is 0 Å². The van der Waals surface area contributed by atoms with Crippen molar-refractivity contribution in [3.05, 3.63) is 17.5 Å². The van der Waals surface area contributed by atoms with Crippen LogP contribution in [-0.4, -0.2) is 44.0 Å². The highest BCUT2D eigenvalue weighted by Crippen LogP contribution is 2.17. The van der Waals surface area contributed by atoms with E-state index in [4.69, 9.17) is 9.84 Å². The molecule has 0 saturated heterocycles. The summed E-state index contributed by atoms with van der Waals surface area (Å²) in [6.07, 6.45) is 0.330. The second kappa shape index (κ2) is 7.29. The SMILES string of the molecule is CC.CC(C)(C)OC(=O)N1CCCn2nc(C(=O)O)cc2C1. The first-order chi connectivity index (χ1) is 10.3. The molecular formula is C15H25N3O4. The highest BCUT2D eigenvalue weighted by molar-refractivity contribution is 5.85. The van der Waals surface area contributed by atoms with Gasteiger partial charge in [-0.3, -0.25) is 4.68 Å². The Hall–Kier alpha value is -2.05. The van der Waals surface area contributed by atoms with Crippen molar-refractivity contribution in [1.29, 1.82) is 0 Å². The van der Waals surface area contributed by atoms with Gasteiger partial charge in [0, 0.05) is 13.1 Å². The van der Waals surface area contributed by atoms with Crippen LogP contribution in [0.5, 0.6) is 0 Å². The number of nitrogens with zero attached hydrogens (tertiary/aromatic N) is 3. The van der Waals surface area contributed by atoms with Crippen LogP contribution in [0, 0.1) is 0 Å². The molecule has 124 valence electrons. The lowest BCUT2D eigenvalue weighted by Crippen LogP contribution is -2.36. The first-order valence-electron chi connectivity index (χ1n) is 7.54. The van der Waals surface area contributed by atoms with Crippen LogP contribution >= 0.6 is 0 Å². The molecular weight excluding hydrogens is 286 g/mol. The van der Waals surface area contributed by atoms with Crippen LogP contribution < -0.4 is 0 Å². The molecule has 0 unspecified atom stereocenters. The topological polar surface area (TPSA) is 84.7 Å². The number of carbonyl (C=O) groups excluding carboxylic acids is 1. The van der Waals surface area contributed by atoms with Gasteiger partial charge in [-0.25, -0.2) is 9.59 Å². The number of carboxylic acid groups (broad SMARTS) is 1. The molecule has 1 amide bonds. The number of amides is 1. The smallest absolute Gasteiger partial charge is 0.410 e. The van der Waals surface area contributed by atoms with Gasteiger partial charge in [-0.15, -0.1) is 0 Å². The van der Waals surface area contributed by atoms with E-state index >= 15 is 0 Å². The lowest BCUT2D eigenvalue weighted by Gasteiger charge is -2.26. The number of carbonyl (C=O) groups is 2. The van der Waals surface area contributed by atoms with E-state index in [0.29, 0.717) is 31.7 Å².